The topological polar surface area (TPSA) is 132 Å². The standard InChI is InChI=1S/C43H31ClN2O7/c44-26-12-7-14-28(21-26)46-39(49)33-22-32-30(17-18-31-35(32)40(50)45(38(31)48)27-13-6-9-24(20-27)41(51)52)37(43(33,42(46)53)25-10-2-1-3-11-25)36-29-15-5-4-8-23(29)16-19-34(36)47/h1-17,19-21,31-33,35,37,47H,18,22H2,(H,51,52). The number of carbonyl (C=O) groups is 5. The van der Waals surface area contributed by atoms with Crippen LogP contribution in [0.3, 0.4) is 0 Å². The Morgan fingerprint density at radius 3 is 2.21 bits per heavy atom. The molecule has 2 aliphatic carbocycles. The number of hydrogen-bond donors (Lipinski definition) is 2. The zero-order valence-electron chi connectivity index (χ0n) is 28.1. The molecule has 53 heavy (non-hydrogen) atoms. The lowest BCUT2D eigenvalue weighted by Gasteiger charge is -2.51. The van der Waals surface area contributed by atoms with Crippen LogP contribution in [-0.4, -0.2) is 39.8 Å². The summed E-state index contributed by atoms with van der Waals surface area (Å²) in [6, 6.07) is 32.4. The van der Waals surface area contributed by atoms with Gasteiger partial charge >= 0.3 is 5.97 Å². The summed E-state index contributed by atoms with van der Waals surface area (Å²) >= 11 is 6.42. The number of halogens is 1. The Kier molecular flexibility index (Phi) is 7.43. The first kappa shape index (κ1) is 32.8. The molecule has 1 saturated carbocycles. The molecule has 9 nitrogen and oxygen atoms in total. The van der Waals surface area contributed by atoms with Crippen molar-refractivity contribution in [1.29, 1.82) is 0 Å². The van der Waals surface area contributed by atoms with Crippen LogP contribution < -0.4 is 9.80 Å². The number of aromatic hydroxyl groups is 1. The number of hydrogen-bond acceptors (Lipinski definition) is 6. The first-order valence-corrected chi connectivity index (χ1v) is 17.8. The second-order valence-electron chi connectivity index (χ2n) is 14.2. The average Bonchev–Trinajstić information content (AvgIpc) is 3.56. The van der Waals surface area contributed by atoms with Gasteiger partial charge in [0.15, 0.2) is 0 Å². The minimum atomic E-state index is -1.56. The van der Waals surface area contributed by atoms with Crippen LogP contribution in [-0.2, 0) is 24.6 Å². The van der Waals surface area contributed by atoms with Crippen molar-refractivity contribution in [2.45, 2.75) is 24.2 Å². The van der Waals surface area contributed by atoms with Crippen molar-refractivity contribution in [2.24, 2.45) is 23.7 Å². The van der Waals surface area contributed by atoms with Crippen molar-refractivity contribution >= 4 is 63.3 Å². The van der Waals surface area contributed by atoms with Crippen molar-refractivity contribution in [1.82, 2.24) is 0 Å². The highest BCUT2D eigenvalue weighted by atomic mass is 35.5. The molecule has 5 aromatic rings. The van der Waals surface area contributed by atoms with E-state index in [0.29, 0.717) is 32.8 Å². The van der Waals surface area contributed by atoms with E-state index in [4.69, 9.17) is 11.6 Å². The normalized spacial score (nSPS) is 26.4. The van der Waals surface area contributed by atoms with Gasteiger partial charge in [0, 0.05) is 16.5 Å². The first-order valence-electron chi connectivity index (χ1n) is 17.4. The third kappa shape index (κ3) is 4.59. The van der Waals surface area contributed by atoms with E-state index < -0.39 is 64.6 Å². The van der Waals surface area contributed by atoms with Crippen molar-refractivity contribution in [2.75, 3.05) is 9.80 Å². The molecule has 4 amide bonds. The number of anilines is 2. The van der Waals surface area contributed by atoms with E-state index in [1.54, 1.807) is 36.4 Å². The van der Waals surface area contributed by atoms with Crippen LogP contribution in [0.4, 0.5) is 11.4 Å². The number of carbonyl (C=O) groups excluding carboxylic acids is 4. The average molecular weight is 723 g/mol. The third-order valence-corrected chi connectivity index (χ3v) is 12.0. The maximum absolute atomic E-state index is 15.5. The largest absolute Gasteiger partial charge is 0.508 e. The molecular formula is C43H31ClN2O7. The predicted molar refractivity (Wildman–Crippen MR) is 198 cm³/mol. The van der Waals surface area contributed by atoms with Crippen LogP contribution in [0.25, 0.3) is 10.8 Å². The lowest BCUT2D eigenvalue weighted by Crippen LogP contribution is -2.53. The Bertz CT molecular complexity index is 2460. The first-order chi connectivity index (χ1) is 25.6. The minimum Gasteiger partial charge on any atom is -0.508 e. The Morgan fingerprint density at radius 2 is 1.45 bits per heavy atom. The zero-order chi connectivity index (χ0) is 36.8. The monoisotopic (exact) mass is 722 g/mol. The molecule has 0 aromatic heterocycles. The number of benzene rings is 5. The van der Waals surface area contributed by atoms with Gasteiger partial charge < -0.3 is 10.2 Å². The van der Waals surface area contributed by atoms with E-state index in [-0.39, 0.29) is 29.8 Å². The van der Waals surface area contributed by atoms with E-state index in [9.17, 15) is 24.6 Å². The molecule has 0 radical (unpaired) electrons. The highest BCUT2D eigenvalue weighted by Gasteiger charge is 2.70. The Balaban J connectivity index is 1.30. The van der Waals surface area contributed by atoms with Crippen molar-refractivity contribution in [3.8, 4) is 5.75 Å². The summed E-state index contributed by atoms with van der Waals surface area (Å²) in [5.74, 6) is -7.39. The summed E-state index contributed by atoms with van der Waals surface area (Å²) in [6.45, 7) is 0. The van der Waals surface area contributed by atoms with Gasteiger partial charge in [0.25, 0.3) is 0 Å². The molecule has 6 atom stereocenters. The molecule has 2 N–H and O–H groups in total. The number of rotatable bonds is 5. The zero-order valence-corrected chi connectivity index (χ0v) is 28.8. The Morgan fingerprint density at radius 1 is 0.736 bits per heavy atom. The molecule has 2 saturated heterocycles. The summed E-state index contributed by atoms with van der Waals surface area (Å²) in [5, 5.41) is 23.4. The molecule has 9 rings (SSSR count). The lowest BCUT2D eigenvalue weighted by atomic mass is 9.48. The number of phenolic OH excluding ortho intramolecular Hbond substituents is 1. The number of phenols is 1. The van der Waals surface area contributed by atoms with Gasteiger partial charge in [0.1, 0.15) is 5.75 Å². The van der Waals surface area contributed by atoms with Gasteiger partial charge in [-0.2, -0.15) is 0 Å². The fraction of sp³-hybridized carbons (Fsp3) is 0.186. The quantitative estimate of drug-likeness (QED) is 0.144. The van der Waals surface area contributed by atoms with Crippen LogP contribution in [0.5, 0.6) is 5.75 Å². The van der Waals surface area contributed by atoms with Crippen LogP contribution in [0.2, 0.25) is 5.02 Å². The van der Waals surface area contributed by atoms with Gasteiger partial charge in [-0.1, -0.05) is 96.0 Å². The van der Waals surface area contributed by atoms with Gasteiger partial charge in [0.05, 0.1) is 40.1 Å². The highest BCUT2D eigenvalue weighted by Crippen LogP contribution is 2.66. The number of amides is 4. The highest BCUT2D eigenvalue weighted by molar-refractivity contribution is 6.32. The molecule has 262 valence electrons. The fourth-order valence-corrected chi connectivity index (χ4v) is 9.86. The van der Waals surface area contributed by atoms with Crippen LogP contribution in [0, 0.1) is 23.7 Å². The van der Waals surface area contributed by atoms with Gasteiger partial charge in [-0.3, -0.25) is 24.1 Å². The number of carboxylic acids is 1. The summed E-state index contributed by atoms with van der Waals surface area (Å²) in [4.78, 5) is 73.4. The Hall–Kier alpha value is -6.06. The molecule has 10 heteroatoms. The van der Waals surface area contributed by atoms with E-state index in [1.807, 2.05) is 60.7 Å². The van der Waals surface area contributed by atoms with Crippen molar-refractivity contribution in [3.05, 3.63) is 149 Å². The fourth-order valence-electron chi connectivity index (χ4n) is 9.68. The number of fused-ring (bicyclic) bond motifs is 5. The molecule has 3 fully saturated rings. The molecule has 2 heterocycles. The smallest absolute Gasteiger partial charge is 0.335 e. The number of aromatic carboxylic acids is 1. The van der Waals surface area contributed by atoms with E-state index in [0.717, 1.165) is 10.3 Å². The predicted octanol–water partition coefficient (Wildman–Crippen LogP) is 7.26. The Labute approximate surface area is 308 Å². The van der Waals surface area contributed by atoms with Crippen molar-refractivity contribution in [3.63, 3.8) is 0 Å². The number of allylic oxidation sites excluding steroid dienone is 2. The second-order valence-corrected chi connectivity index (χ2v) is 14.6. The van der Waals surface area contributed by atoms with Gasteiger partial charge in [-0.25, -0.2) is 9.69 Å². The van der Waals surface area contributed by atoms with Crippen LogP contribution in [0.15, 0.2) is 127 Å². The summed E-state index contributed by atoms with van der Waals surface area (Å²) in [5.41, 5.74) is 0.603. The van der Waals surface area contributed by atoms with E-state index in [1.165, 1.54) is 29.2 Å². The van der Waals surface area contributed by atoms with Crippen molar-refractivity contribution < 1.29 is 34.2 Å². The molecule has 5 aromatic carbocycles. The van der Waals surface area contributed by atoms with Gasteiger partial charge in [0.2, 0.25) is 23.6 Å². The number of imide groups is 2. The summed E-state index contributed by atoms with van der Waals surface area (Å²) in [7, 11) is 0. The van der Waals surface area contributed by atoms with E-state index >= 15 is 9.59 Å². The third-order valence-electron chi connectivity index (χ3n) is 11.8. The SMILES string of the molecule is O=C(O)c1cccc(N2C(=O)C3CC=C4C(CC5C(=O)N(c6cccc(Cl)c6)C(=O)C5(c5ccccc5)C4c4c(O)ccc5ccccc45)C3C2=O)c1. The maximum Gasteiger partial charge on any atom is 0.335 e. The minimum absolute atomic E-state index is 0.0613. The van der Waals surface area contributed by atoms with Gasteiger partial charge in [-0.15, -0.1) is 0 Å². The molecule has 0 spiro atoms. The lowest BCUT2D eigenvalue weighted by molar-refractivity contribution is -0.127. The van der Waals surface area contributed by atoms with E-state index in [2.05, 4.69) is 0 Å². The van der Waals surface area contributed by atoms with Gasteiger partial charge in [-0.05, 0) is 77.6 Å². The number of carboxylic acid groups (broad SMARTS) is 1. The molecule has 6 unspecified atom stereocenters. The molecule has 2 aliphatic heterocycles. The maximum atomic E-state index is 15.5. The molecule has 0 bridgehead atoms. The molecular weight excluding hydrogens is 692 g/mol. The van der Waals surface area contributed by atoms with Crippen LogP contribution in [0.1, 0.15) is 40.2 Å². The molecule has 4 aliphatic rings. The second kappa shape index (κ2) is 12.0. The summed E-state index contributed by atoms with van der Waals surface area (Å²) in [6.07, 6.45) is 2.18. The van der Waals surface area contributed by atoms with Crippen LogP contribution >= 0.6 is 11.6 Å². The number of nitrogens with zero attached hydrogens (tertiary/aromatic N) is 2. The summed E-state index contributed by atoms with van der Waals surface area (Å²) < 4.78 is 0.